The SMILES string of the molecule is CCOc1ccccc1CNC(=O)c1ccc(-c2nccnc2N2CCCCC2)cc1. The van der Waals surface area contributed by atoms with Crippen molar-refractivity contribution in [3.8, 4) is 17.0 Å². The number of aromatic nitrogens is 2. The van der Waals surface area contributed by atoms with Gasteiger partial charge in [0.2, 0.25) is 0 Å². The van der Waals surface area contributed by atoms with Gasteiger partial charge >= 0.3 is 0 Å². The lowest BCUT2D eigenvalue weighted by molar-refractivity contribution is 0.0950. The molecule has 2 heterocycles. The third kappa shape index (κ3) is 5.02. The van der Waals surface area contributed by atoms with Crippen LogP contribution in [-0.2, 0) is 6.54 Å². The zero-order valence-electron chi connectivity index (χ0n) is 17.9. The Morgan fingerprint density at radius 1 is 1.00 bits per heavy atom. The van der Waals surface area contributed by atoms with Crippen LogP contribution >= 0.6 is 0 Å². The first-order valence-electron chi connectivity index (χ1n) is 10.9. The molecule has 0 radical (unpaired) electrons. The van der Waals surface area contributed by atoms with Crippen molar-refractivity contribution >= 4 is 11.7 Å². The fourth-order valence-corrected chi connectivity index (χ4v) is 3.87. The van der Waals surface area contributed by atoms with Crippen LogP contribution in [0.15, 0.2) is 60.9 Å². The van der Waals surface area contributed by atoms with E-state index < -0.39 is 0 Å². The Bertz CT molecular complexity index is 1010. The Morgan fingerprint density at radius 3 is 2.52 bits per heavy atom. The lowest BCUT2D eigenvalue weighted by Gasteiger charge is -2.28. The number of rotatable bonds is 7. The van der Waals surface area contributed by atoms with Gasteiger partial charge in [-0.3, -0.25) is 9.78 Å². The molecule has 0 unspecified atom stereocenters. The van der Waals surface area contributed by atoms with E-state index in [1.807, 2.05) is 55.5 Å². The van der Waals surface area contributed by atoms with E-state index in [-0.39, 0.29) is 5.91 Å². The first-order chi connectivity index (χ1) is 15.3. The number of carbonyl (C=O) groups is 1. The summed E-state index contributed by atoms with van der Waals surface area (Å²) in [6, 6.07) is 15.3. The highest BCUT2D eigenvalue weighted by atomic mass is 16.5. The summed E-state index contributed by atoms with van der Waals surface area (Å²) < 4.78 is 5.63. The smallest absolute Gasteiger partial charge is 0.251 e. The van der Waals surface area contributed by atoms with Gasteiger partial charge in [0, 0.05) is 48.7 Å². The first kappa shape index (κ1) is 20.8. The van der Waals surface area contributed by atoms with E-state index in [4.69, 9.17) is 4.74 Å². The minimum Gasteiger partial charge on any atom is -0.494 e. The van der Waals surface area contributed by atoms with Crippen molar-refractivity contribution in [3.63, 3.8) is 0 Å². The van der Waals surface area contributed by atoms with E-state index >= 15 is 0 Å². The molecule has 1 N–H and O–H groups in total. The maximum absolute atomic E-state index is 12.7. The number of hydrogen-bond donors (Lipinski definition) is 1. The normalized spacial score (nSPS) is 13.6. The van der Waals surface area contributed by atoms with E-state index in [0.717, 1.165) is 41.5 Å². The average Bonchev–Trinajstić information content (AvgIpc) is 2.84. The molecule has 3 aromatic rings. The minimum atomic E-state index is -0.117. The van der Waals surface area contributed by atoms with Crippen LogP contribution in [0.25, 0.3) is 11.3 Å². The highest BCUT2D eigenvalue weighted by Crippen LogP contribution is 2.28. The third-order valence-corrected chi connectivity index (χ3v) is 5.47. The Kier molecular flexibility index (Phi) is 6.77. The van der Waals surface area contributed by atoms with Crippen LogP contribution in [0.2, 0.25) is 0 Å². The average molecular weight is 417 g/mol. The Balaban J connectivity index is 1.46. The summed E-state index contributed by atoms with van der Waals surface area (Å²) in [6.45, 7) is 4.98. The van der Waals surface area contributed by atoms with E-state index in [0.29, 0.717) is 18.7 Å². The van der Waals surface area contributed by atoms with Crippen LogP contribution in [-0.4, -0.2) is 35.6 Å². The second kappa shape index (κ2) is 10.1. The van der Waals surface area contributed by atoms with Crippen LogP contribution < -0.4 is 15.0 Å². The van der Waals surface area contributed by atoms with Crippen LogP contribution in [0.4, 0.5) is 5.82 Å². The molecule has 1 aliphatic rings. The fraction of sp³-hybridized carbons (Fsp3) is 0.320. The monoisotopic (exact) mass is 416 g/mol. The lowest BCUT2D eigenvalue weighted by Crippen LogP contribution is -2.30. The zero-order chi connectivity index (χ0) is 21.5. The van der Waals surface area contributed by atoms with E-state index in [9.17, 15) is 4.79 Å². The molecule has 1 amide bonds. The molecule has 0 saturated carbocycles. The van der Waals surface area contributed by atoms with Crippen molar-refractivity contribution < 1.29 is 9.53 Å². The van der Waals surface area contributed by atoms with E-state index in [1.54, 1.807) is 12.4 Å². The van der Waals surface area contributed by atoms with Gasteiger partial charge in [-0.2, -0.15) is 0 Å². The summed E-state index contributed by atoms with van der Waals surface area (Å²) in [4.78, 5) is 24.1. The van der Waals surface area contributed by atoms with Gasteiger partial charge in [-0.1, -0.05) is 30.3 Å². The molecule has 6 nitrogen and oxygen atoms in total. The Morgan fingerprint density at radius 2 is 1.74 bits per heavy atom. The molecule has 1 aliphatic heterocycles. The molecule has 160 valence electrons. The number of carbonyl (C=O) groups excluding carboxylic acids is 1. The van der Waals surface area contributed by atoms with Crippen molar-refractivity contribution in [2.24, 2.45) is 0 Å². The number of nitrogens with zero attached hydrogens (tertiary/aromatic N) is 3. The molecule has 0 bridgehead atoms. The van der Waals surface area contributed by atoms with Crippen molar-refractivity contribution in [1.82, 2.24) is 15.3 Å². The predicted octanol–water partition coefficient (Wildman–Crippen LogP) is 4.46. The molecule has 1 saturated heterocycles. The van der Waals surface area contributed by atoms with Crippen molar-refractivity contribution in [1.29, 1.82) is 0 Å². The van der Waals surface area contributed by atoms with Crippen LogP contribution in [0.5, 0.6) is 5.75 Å². The number of ether oxygens (including phenoxy) is 1. The number of anilines is 1. The minimum absolute atomic E-state index is 0.117. The highest BCUT2D eigenvalue weighted by molar-refractivity contribution is 5.94. The second-order valence-electron chi connectivity index (χ2n) is 7.58. The molecule has 1 aromatic heterocycles. The predicted molar refractivity (Wildman–Crippen MR) is 122 cm³/mol. The van der Waals surface area contributed by atoms with Gasteiger partial charge in [-0.05, 0) is 44.4 Å². The third-order valence-electron chi connectivity index (χ3n) is 5.47. The zero-order valence-corrected chi connectivity index (χ0v) is 17.9. The topological polar surface area (TPSA) is 67.3 Å². The summed E-state index contributed by atoms with van der Waals surface area (Å²) >= 11 is 0. The van der Waals surface area contributed by atoms with Crippen LogP contribution in [0, 0.1) is 0 Å². The van der Waals surface area contributed by atoms with Gasteiger partial charge < -0.3 is 15.0 Å². The summed E-state index contributed by atoms with van der Waals surface area (Å²) in [6.07, 6.45) is 7.10. The van der Waals surface area contributed by atoms with Gasteiger partial charge in [-0.25, -0.2) is 4.98 Å². The second-order valence-corrected chi connectivity index (χ2v) is 7.58. The summed E-state index contributed by atoms with van der Waals surface area (Å²) in [5.74, 6) is 1.61. The van der Waals surface area contributed by atoms with Crippen LogP contribution in [0.3, 0.4) is 0 Å². The molecule has 6 heteroatoms. The number of amides is 1. The maximum Gasteiger partial charge on any atom is 0.251 e. The first-order valence-corrected chi connectivity index (χ1v) is 10.9. The van der Waals surface area contributed by atoms with Gasteiger partial charge in [0.25, 0.3) is 5.91 Å². The Hall–Kier alpha value is -3.41. The molecule has 4 rings (SSSR count). The Labute approximate surface area is 183 Å². The fourth-order valence-electron chi connectivity index (χ4n) is 3.87. The molecule has 2 aromatic carbocycles. The maximum atomic E-state index is 12.7. The standard InChI is InChI=1S/C25H28N4O2/c1-2-31-22-9-5-4-8-21(22)18-28-25(30)20-12-10-19(11-13-20)23-24(27-15-14-26-23)29-16-6-3-7-17-29/h4-5,8-15H,2-3,6-7,16-18H2,1H3,(H,28,30). The lowest BCUT2D eigenvalue weighted by atomic mass is 10.1. The number of nitrogens with one attached hydrogen (secondary N) is 1. The molecular weight excluding hydrogens is 388 g/mol. The molecule has 31 heavy (non-hydrogen) atoms. The molecule has 0 atom stereocenters. The highest BCUT2D eigenvalue weighted by Gasteiger charge is 2.18. The van der Waals surface area contributed by atoms with Gasteiger partial charge in [-0.15, -0.1) is 0 Å². The van der Waals surface area contributed by atoms with Crippen LogP contribution in [0.1, 0.15) is 42.1 Å². The quantitative estimate of drug-likeness (QED) is 0.616. The molecule has 1 fully saturated rings. The van der Waals surface area contributed by atoms with Gasteiger partial charge in [0.1, 0.15) is 11.4 Å². The number of hydrogen-bond acceptors (Lipinski definition) is 5. The van der Waals surface area contributed by atoms with E-state index in [2.05, 4.69) is 20.2 Å². The number of benzene rings is 2. The molecule has 0 aliphatic carbocycles. The van der Waals surface area contributed by atoms with Gasteiger partial charge in [0.15, 0.2) is 5.82 Å². The summed E-state index contributed by atoms with van der Waals surface area (Å²) in [7, 11) is 0. The van der Waals surface area contributed by atoms with Crippen molar-refractivity contribution in [2.75, 3.05) is 24.6 Å². The summed E-state index contributed by atoms with van der Waals surface area (Å²) in [5, 5.41) is 2.98. The number of para-hydroxylation sites is 1. The summed E-state index contributed by atoms with van der Waals surface area (Å²) in [5.41, 5.74) is 3.40. The largest absolute Gasteiger partial charge is 0.494 e. The van der Waals surface area contributed by atoms with Gasteiger partial charge in [0.05, 0.1) is 6.61 Å². The van der Waals surface area contributed by atoms with E-state index in [1.165, 1.54) is 19.3 Å². The molecule has 0 spiro atoms. The molecular formula is C25H28N4O2. The number of piperidine rings is 1. The van der Waals surface area contributed by atoms with Crippen molar-refractivity contribution in [3.05, 3.63) is 72.1 Å². The van der Waals surface area contributed by atoms with Crippen molar-refractivity contribution in [2.45, 2.75) is 32.7 Å².